The van der Waals surface area contributed by atoms with Gasteiger partial charge in [0, 0.05) is 18.1 Å². The van der Waals surface area contributed by atoms with E-state index in [0.717, 1.165) is 25.7 Å². The largest absolute Gasteiger partial charge is 0.444 e. The maximum atomic E-state index is 11.8. The Morgan fingerprint density at radius 2 is 1.67 bits per heavy atom. The van der Waals surface area contributed by atoms with Crippen molar-refractivity contribution < 1.29 is 9.53 Å². The Bertz CT molecular complexity index is 317. The molecule has 0 aromatic rings. The summed E-state index contributed by atoms with van der Waals surface area (Å²) >= 11 is 0. The molecule has 0 aliphatic heterocycles. The maximum Gasteiger partial charge on any atom is 0.407 e. The molecule has 1 aliphatic rings. The lowest BCUT2D eigenvalue weighted by atomic mass is 9.89. The molecule has 0 radical (unpaired) electrons. The topological polar surface area (TPSA) is 50.4 Å². The van der Waals surface area contributed by atoms with Crippen LogP contribution in [0.3, 0.4) is 0 Å². The molecule has 0 aromatic carbocycles. The molecule has 1 rings (SSSR count). The van der Waals surface area contributed by atoms with Gasteiger partial charge < -0.3 is 15.4 Å². The second-order valence-electron chi connectivity index (χ2n) is 7.54. The normalized spacial score (nSPS) is 26.0. The zero-order chi connectivity index (χ0) is 16.0. The standard InChI is InChI=1S/C17H34N2O2/c1-7-12(2)13(3)18-14-8-10-15(11-9-14)19-16(20)21-17(4,5)6/h12-15,18H,7-11H2,1-6H3,(H,19,20). The van der Waals surface area contributed by atoms with E-state index < -0.39 is 5.60 Å². The Kier molecular flexibility index (Phi) is 6.98. The summed E-state index contributed by atoms with van der Waals surface area (Å²) in [7, 11) is 0. The number of ether oxygens (including phenoxy) is 1. The average Bonchev–Trinajstić information content (AvgIpc) is 2.37. The quantitative estimate of drug-likeness (QED) is 0.810. The van der Waals surface area contributed by atoms with Crippen LogP contribution in [-0.2, 0) is 4.74 Å². The zero-order valence-corrected chi connectivity index (χ0v) is 14.7. The van der Waals surface area contributed by atoms with Gasteiger partial charge in [0.1, 0.15) is 5.60 Å². The van der Waals surface area contributed by atoms with Crippen molar-refractivity contribution in [1.82, 2.24) is 10.6 Å². The molecule has 1 amide bonds. The lowest BCUT2D eigenvalue weighted by molar-refractivity contribution is 0.0489. The minimum Gasteiger partial charge on any atom is -0.444 e. The molecule has 2 N–H and O–H groups in total. The summed E-state index contributed by atoms with van der Waals surface area (Å²) in [4.78, 5) is 11.8. The van der Waals surface area contributed by atoms with Gasteiger partial charge in [-0.05, 0) is 59.3 Å². The van der Waals surface area contributed by atoms with Gasteiger partial charge in [0.25, 0.3) is 0 Å². The number of rotatable bonds is 5. The van der Waals surface area contributed by atoms with E-state index in [1.54, 1.807) is 0 Å². The number of amides is 1. The van der Waals surface area contributed by atoms with Crippen molar-refractivity contribution in [2.75, 3.05) is 0 Å². The molecular weight excluding hydrogens is 264 g/mol. The van der Waals surface area contributed by atoms with E-state index in [1.165, 1.54) is 6.42 Å². The third kappa shape index (κ3) is 7.16. The SMILES string of the molecule is CCC(C)C(C)NC1CCC(NC(=O)OC(C)(C)C)CC1. The lowest BCUT2D eigenvalue weighted by Crippen LogP contribution is -2.46. The van der Waals surface area contributed by atoms with Crippen molar-refractivity contribution in [1.29, 1.82) is 0 Å². The lowest BCUT2D eigenvalue weighted by Gasteiger charge is -2.33. The molecule has 4 nitrogen and oxygen atoms in total. The summed E-state index contributed by atoms with van der Waals surface area (Å²) in [5.41, 5.74) is -0.422. The number of hydrogen-bond acceptors (Lipinski definition) is 3. The highest BCUT2D eigenvalue weighted by atomic mass is 16.6. The van der Waals surface area contributed by atoms with Crippen LogP contribution < -0.4 is 10.6 Å². The van der Waals surface area contributed by atoms with Crippen LogP contribution in [0.1, 0.15) is 73.6 Å². The van der Waals surface area contributed by atoms with E-state index in [2.05, 4.69) is 31.4 Å². The molecule has 1 fully saturated rings. The van der Waals surface area contributed by atoms with Crippen molar-refractivity contribution in [2.24, 2.45) is 5.92 Å². The Labute approximate surface area is 130 Å². The average molecular weight is 298 g/mol. The van der Waals surface area contributed by atoms with Crippen LogP contribution in [0, 0.1) is 5.92 Å². The predicted octanol–water partition coefficient (Wildman–Crippen LogP) is 3.85. The molecule has 2 unspecified atom stereocenters. The zero-order valence-electron chi connectivity index (χ0n) is 14.7. The first-order chi connectivity index (χ1) is 9.71. The number of carbonyl (C=O) groups excluding carboxylic acids is 1. The highest BCUT2D eigenvalue weighted by Gasteiger charge is 2.25. The van der Waals surface area contributed by atoms with E-state index in [0.29, 0.717) is 18.0 Å². The molecule has 1 aliphatic carbocycles. The van der Waals surface area contributed by atoms with Gasteiger partial charge in [-0.15, -0.1) is 0 Å². The monoisotopic (exact) mass is 298 g/mol. The molecule has 21 heavy (non-hydrogen) atoms. The number of alkyl carbamates (subject to hydrolysis) is 1. The van der Waals surface area contributed by atoms with E-state index in [4.69, 9.17) is 4.74 Å². The molecule has 0 aromatic heterocycles. The summed E-state index contributed by atoms with van der Waals surface area (Å²) in [6, 6.07) is 1.41. The molecule has 1 saturated carbocycles. The predicted molar refractivity (Wildman–Crippen MR) is 87.5 cm³/mol. The van der Waals surface area contributed by atoms with E-state index in [9.17, 15) is 4.79 Å². The first-order valence-electron chi connectivity index (χ1n) is 8.46. The van der Waals surface area contributed by atoms with Crippen molar-refractivity contribution in [3.63, 3.8) is 0 Å². The summed E-state index contributed by atoms with van der Waals surface area (Å²) in [5, 5.41) is 6.73. The van der Waals surface area contributed by atoms with E-state index >= 15 is 0 Å². The fraction of sp³-hybridized carbons (Fsp3) is 0.941. The number of nitrogens with one attached hydrogen (secondary N) is 2. The molecule has 4 heteroatoms. The molecule has 0 heterocycles. The van der Waals surface area contributed by atoms with Gasteiger partial charge in [-0.2, -0.15) is 0 Å². The molecule has 2 atom stereocenters. The van der Waals surface area contributed by atoms with Crippen LogP contribution in [0.15, 0.2) is 0 Å². The van der Waals surface area contributed by atoms with Gasteiger partial charge in [-0.25, -0.2) is 4.79 Å². The first kappa shape index (κ1) is 18.3. The van der Waals surface area contributed by atoms with Crippen molar-refractivity contribution in [2.45, 2.75) is 97.4 Å². The molecule has 0 saturated heterocycles. The second kappa shape index (κ2) is 8.02. The smallest absolute Gasteiger partial charge is 0.407 e. The third-order valence-electron chi connectivity index (χ3n) is 4.44. The Balaban J connectivity index is 2.28. The van der Waals surface area contributed by atoms with Gasteiger partial charge in [-0.3, -0.25) is 0 Å². The Hall–Kier alpha value is -0.770. The van der Waals surface area contributed by atoms with Gasteiger partial charge in [0.15, 0.2) is 0 Å². The molecular formula is C17H34N2O2. The minimum atomic E-state index is -0.422. The van der Waals surface area contributed by atoms with Crippen molar-refractivity contribution >= 4 is 6.09 Å². The van der Waals surface area contributed by atoms with Crippen LogP contribution in [0.5, 0.6) is 0 Å². The maximum absolute atomic E-state index is 11.8. The molecule has 124 valence electrons. The van der Waals surface area contributed by atoms with Crippen LogP contribution in [0.4, 0.5) is 4.79 Å². The van der Waals surface area contributed by atoms with E-state index in [-0.39, 0.29) is 12.1 Å². The number of hydrogen-bond donors (Lipinski definition) is 2. The van der Waals surface area contributed by atoms with Gasteiger partial charge >= 0.3 is 6.09 Å². The minimum absolute atomic E-state index is 0.261. The third-order valence-corrected chi connectivity index (χ3v) is 4.44. The van der Waals surface area contributed by atoms with Crippen LogP contribution in [0.25, 0.3) is 0 Å². The van der Waals surface area contributed by atoms with Gasteiger partial charge in [-0.1, -0.05) is 20.3 Å². The van der Waals surface area contributed by atoms with Crippen molar-refractivity contribution in [3.05, 3.63) is 0 Å². The fourth-order valence-electron chi connectivity index (χ4n) is 2.77. The summed E-state index contributed by atoms with van der Waals surface area (Å²) < 4.78 is 5.31. The first-order valence-corrected chi connectivity index (χ1v) is 8.46. The van der Waals surface area contributed by atoms with Gasteiger partial charge in [0.2, 0.25) is 0 Å². The fourth-order valence-corrected chi connectivity index (χ4v) is 2.77. The van der Waals surface area contributed by atoms with Crippen LogP contribution in [-0.4, -0.2) is 29.8 Å². The van der Waals surface area contributed by atoms with Gasteiger partial charge in [0.05, 0.1) is 0 Å². The van der Waals surface area contributed by atoms with Crippen molar-refractivity contribution in [3.8, 4) is 0 Å². The summed E-state index contributed by atoms with van der Waals surface area (Å²) in [6.07, 6.45) is 5.24. The van der Waals surface area contributed by atoms with Crippen LogP contribution >= 0.6 is 0 Å². The molecule has 0 spiro atoms. The second-order valence-corrected chi connectivity index (χ2v) is 7.54. The highest BCUT2D eigenvalue weighted by Crippen LogP contribution is 2.21. The molecule has 0 bridgehead atoms. The summed E-state index contributed by atoms with van der Waals surface area (Å²) in [6.45, 7) is 12.5. The van der Waals surface area contributed by atoms with Crippen LogP contribution in [0.2, 0.25) is 0 Å². The van der Waals surface area contributed by atoms with E-state index in [1.807, 2.05) is 20.8 Å². The Morgan fingerprint density at radius 3 is 2.14 bits per heavy atom. The number of carbonyl (C=O) groups is 1. The Morgan fingerprint density at radius 1 is 1.14 bits per heavy atom. The summed E-state index contributed by atoms with van der Waals surface area (Å²) in [5.74, 6) is 0.711. The highest BCUT2D eigenvalue weighted by molar-refractivity contribution is 5.68.